The Labute approximate surface area is 108 Å². The Morgan fingerprint density at radius 1 is 1.53 bits per heavy atom. The molecule has 1 saturated carbocycles. The van der Waals surface area contributed by atoms with Crippen LogP contribution in [0.2, 0.25) is 0 Å². The van der Waals surface area contributed by atoms with Gasteiger partial charge in [-0.1, -0.05) is 12.8 Å². The summed E-state index contributed by atoms with van der Waals surface area (Å²) in [5.41, 5.74) is 5.86. The van der Waals surface area contributed by atoms with Crippen LogP contribution in [0.5, 0.6) is 0 Å². The van der Waals surface area contributed by atoms with Crippen molar-refractivity contribution < 1.29 is 0 Å². The van der Waals surface area contributed by atoms with Crippen molar-refractivity contribution in [2.75, 3.05) is 18.4 Å². The van der Waals surface area contributed by atoms with Gasteiger partial charge >= 0.3 is 0 Å². The zero-order chi connectivity index (χ0) is 12.3. The van der Waals surface area contributed by atoms with Crippen molar-refractivity contribution >= 4 is 21.7 Å². The van der Waals surface area contributed by atoms with Crippen LogP contribution in [0.25, 0.3) is 0 Å². The lowest BCUT2D eigenvalue weighted by Gasteiger charge is -2.27. The molecule has 0 atom stereocenters. The molecule has 1 aromatic heterocycles. The van der Waals surface area contributed by atoms with E-state index in [0.717, 1.165) is 19.4 Å². The fraction of sp³-hybridized carbons (Fsp3) is 0.636. The minimum absolute atomic E-state index is 0.170. The van der Waals surface area contributed by atoms with Gasteiger partial charge in [0.2, 0.25) is 0 Å². The van der Waals surface area contributed by atoms with Gasteiger partial charge in [-0.3, -0.25) is 4.79 Å². The van der Waals surface area contributed by atoms with Gasteiger partial charge < -0.3 is 16.0 Å². The average molecular weight is 301 g/mol. The summed E-state index contributed by atoms with van der Waals surface area (Å²) in [5, 5.41) is 3.23. The van der Waals surface area contributed by atoms with E-state index in [1.807, 2.05) is 0 Å². The predicted octanol–water partition coefficient (Wildman–Crippen LogP) is 1.46. The van der Waals surface area contributed by atoms with Crippen molar-refractivity contribution in [2.45, 2.75) is 25.7 Å². The van der Waals surface area contributed by atoms with Crippen LogP contribution in [0.1, 0.15) is 25.7 Å². The van der Waals surface area contributed by atoms with Crippen LogP contribution in [0.3, 0.4) is 0 Å². The zero-order valence-corrected chi connectivity index (χ0v) is 11.2. The van der Waals surface area contributed by atoms with Crippen molar-refractivity contribution in [1.29, 1.82) is 0 Å². The molecule has 0 amide bonds. The molecule has 6 heteroatoms. The Hall–Kier alpha value is -0.880. The Morgan fingerprint density at radius 3 is 2.88 bits per heavy atom. The highest BCUT2D eigenvalue weighted by Crippen LogP contribution is 2.37. The number of nitrogens with two attached hydrogens (primary N) is 1. The molecular formula is C11H17BrN4O. The number of anilines is 1. The van der Waals surface area contributed by atoms with Gasteiger partial charge in [0.15, 0.2) is 0 Å². The fourth-order valence-corrected chi connectivity index (χ4v) is 2.71. The van der Waals surface area contributed by atoms with Gasteiger partial charge in [-0.25, -0.2) is 4.98 Å². The first-order chi connectivity index (χ1) is 8.17. The van der Waals surface area contributed by atoms with E-state index < -0.39 is 0 Å². The van der Waals surface area contributed by atoms with E-state index >= 15 is 0 Å². The molecule has 0 aliphatic heterocycles. The maximum atomic E-state index is 11.4. The van der Waals surface area contributed by atoms with E-state index in [9.17, 15) is 4.79 Å². The highest BCUT2D eigenvalue weighted by molar-refractivity contribution is 9.10. The summed E-state index contributed by atoms with van der Waals surface area (Å²) >= 11 is 3.23. The largest absolute Gasteiger partial charge is 0.368 e. The minimum atomic E-state index is -0.171. The summed E-state index contributed by atoms with van der Waals surface area (Å²) in [6.45, 7) is 1.46. The third kappa shape index (κ3) is 2.69. The molecule has 1 aliphatic rings. The van der Waals surface area contributed by atoms with E-state index in [1.165, 1.54) is 19.2 Å². The summed E-state index contributed by atoms with van der Waals surface area (Å²) in [7, 11) is 0. The molecule has 4 N–H and O–H groups in total. The summed E-state index contributed by atoms with van der Waals surface area (Å²) < 4.78 is 0.449. The Morgan fingerprint density at radius 2 is 2.24 bits per heavy atom. The van der Waals surface area contributed by atoms with Gasteiger partial charge in [-0.2, -0.15) is 0 Å². The van der Waals surface area contributed by atoms with Crippen molar-refractivity contribution in [3.8, 4) is 0 Å². The van der Waals surface area contributed by atoms with Crippen LogP contribution >= 0.6 is 15.9 Å². The van der Waals surface area contributed by atoms with E-state index in [2.05, 4.69) is 31.2 Å². The molecule has 1 aliphatic carbocycles. The normalized spacial score (nSPS) is 18.2. The molecule has 0 spiro atoms. The lowest BCUT2D eigenvalue weighted by Crippen LogP contribution is -2.35. The first-order valence-corrected chi connectivity index (χ1v) is 6.63. The molecule has 1 heterocycles. The lowest BCUT2D eigenvalue weighted by molar-refractivity contribution is 0.332. The van der Waals surface area contributed by atoms with Crippen LogP contribution in [0, 0.1) is 5.41 Å². The lowest BCUT2D eigenvalue weighted by atomic mass is 9.86. The Balaban J connectivity index is 2.06. The molecule has 0 unspecified atom stereocenters. The number of hydrogen-bond donors (Lipinski definition) is 3. The molecule has 17 heavy (non-hydrogen) atoms. The first-order valence-electron chi connectivity index (χ1n) is 5.84. The van der Waals surface area contributed by atoms with E-state index in [-0.39, 0.29) is 11.0 Å². The van der Waals surface area contributed by atoms with E-state index in [1.54, 1.807) is 0 Å². The number of aromatic amines is 1. The van der Waals surface area contributed by atoms with Crippen LogP contribution in [-0.4, -0.2) is 23.1 Å². The Kier molecular flexibility index (Phi) is 3.83. The molecule has 0 aromatic carbocycles. The maximum absolute atomic E-state index is 11.4. The second kappa shape index (κ2) is 5.18. The van der Waals surface area contributed by atoms with Crippen LogP contribution < -0.4 is 16.6 Å². The number of hydrogen-bond acceptors (Lipinski definition) is 4. The fourth-order valence-electron chi connectivity index (χ4n) is 2.36. The number of halogens is 1. The third-order valence-electron chi connectivity index (χ3n) is 3.52. The molecule has 94 valence electrons. The predicted molar refractivity (Wildman–Crippen MR) is 71.0 cm³/mol. The molecule has 2 rings (SSSR count). The number of H-pyrrole nitrogens is 1. The van der Waals surface area contributed by atoms with Crippen molar-refractivity contribution in [3.05, 3.63) is 21.2 Å². The molecule has 5 nitrogen and oxygen atoms in total. The van der Waals surface area contributed by atoms with Gasteiger partial charge in [0.25, 0.3) is 5.56 Å². The highest BCUT2D eigenvalue weighted by atomic mass is 79.9. The maximum Gasteiger partial charge on any atom is 0.267 e. The van der Waals surface area contributed by atoms with E-state index in [0.29, 0.717) is 16.8 Å². The minimum Gasteiger partial charge on any atom is -0.368 e. The molecule has 1 aromatic rings. The smallest absolute Gasteiger partial charge is 0.267 e. The van der Waals surface area contributed by atoms with Gasteiger partial charge in [-0.15, -0.1) is 0 Å². The molecule has 0 radical (unpaired) electrons. The molecule has 0 bridgehead atoms. The molecule has 1 fully saturated rings. The van der Waals surface area contributed by atoms with Crippen molar-refractivity contribution in [2.24, 2.45) is 11.1 Å². The Bertz CT molecular complexity index is 439. The van der Waals surface area contributed by atoms with Gasteiger partial charge in [0.05, 0.1) is 6.33 Å². The number of nitrogens with zero attached hydrogens (tertiary/aromatic N) is 1. The summed E-state index contributed by atoms with van der Waals surface area (Å²) in [6.07, 6.45) is 6.18. The SMILES string of the molecule is NCC1(CNc2nc[nH]c(=O)c2Br)CCCC1. The topological polar surface area (TPSA) is 83.8 Å². The second-order valence-electron chi connectivity index (χ2n) is 4.66. The molecular weight excluding hydrogens is 284 g/mol. The monoisotopic (exact) mass is 300 g/mol. The number of rotatable bonds is 4. The van der Waals surface area contributed by atoms with Crippen molar-refractivity contribution in [3.63, 3.8) is 0 Å². The first kappa shape index (κ1) is 12.6. The van der Waals surface area contributed by atoms with Crippen LogP contribution in [0.15, 0.2) is 15.6 Å². The number of nitrogens with one attached hydrogen (secondary N) is 2. The summed E-state index contributed by atoms with van der Waals surface area (Å²) in [6, 6.07) is 0. The van der Waals surface area contributed by atoms with E-state index in [4.69, 9.17) is 5.73 Å². The second-order valence-corrected chi connectivity index (χ2v) is 5.45. The van der Waals surface area contributed by atoms with Crippen molar-refractivity contribution in [1.82, 2.24) is 9.97 Å². The standard InChI is InChI=1S/C11H17BrN4O/c12-8-9(15-7-16-10(8)17)14-6-11(5-13)3-1-2-4-11/h7H,1-6,13H2,(H2,14,15,16,17). The number of aromatic nitrogens is 2. The highest BCUT2D eigenvalue weighted by Gasteiger charge is 2.32. The zero-order valence-electron chi connectivity index (χ0n) is 9.63. The summed E-state index contributed by atoms with van der Waals surface area (Å²) in [4.78, 5) is 18.0. The molecule has 0 saturated heterocycles. The van der Waals surface area contributed by atoms with Gasteiger partial charge in [0.1, 0.15) is 10.3 Å². The van der Waals surface area contributed by atoms with Crippen LogP contribution in [-0.2, 0) is 0 Å². The van der Waals surface area contributed by atoms with Crippen LogP contribution in [0.4, 0.5) is 5.82 Å². The van der Waals surface area contributed by atoms with Gasteiger partial charge in [-0.05, 0) is 40.7 Å². The third-order valence-corrected chi connectivity index (χ3v) is 4.26. The average Bonchev–Trinajstić information content (AvgIpc) is 2.81. The van der Waals surface area contributed by atoms with Gasteiger partial charge in [0, 0.05) is 6.54 Å². The quantitative estimate of drug-likeness (QED) is 0.786. The summed E-state index contributed by atoms with van der Waals surface area (Å²) in [5.74, 6) is 0.591.